The Balaban J connectivity index is 0.00000192. The summed E-state index contributed by atoms with van der Waals surface area (Å²) in [6.07, 6.45) is 5.15. The summed E-state index contributed by atoms with van der Waals surface area (Å²) in [4.78, 5) is 14.7. The molecule has 1 aliphatic heterocycles. The van der Waals surface area contributed by atoms with Crippen molar-refractivity contribution < 1.29 is 0 Å². The van der Waals surface area contributed by atoms with Crippen molar-refractivity contribution in [1.82, 2.24) is 9.97 Å². The molecule has 1 aliphatic rings. The molecule has 2 heterocycles. The molecule has 0 N–H and O–H groups in total. The number of halogens is 1. The lowest BCUT2D eigenvalue weighted by atomic mass is 10.3. The van der Waals surface area contributed by atoms with Crippen molar-refractivity contribution in [3.8, 4) is 0 Å². The molecule has 126 valence electrons. The molecule has 0 saturated heterocycles. The Kier molecular flexibility index (Phi) is 6.05. The second-order valence-corrected chi connectivity index (χ2v) is 6.09. The topological polar surface area (TPSA) is 32.3 Å². The standard InChI is InChI=1S/C18H26N4.ClH/c1-4-6-12-21-14(3)22(13-7-5-2)18-17(21)19-15-10-8-9-11-16(15)20-18;/h8-11,14H,4-7,12-13H2,1-3H3;1H. The van der Waals surface area contributed by atoms with E-state index in [0.717, 1.165) is 35.8 Å². The van der Waals surface area contributed by atoms with E-state index in [4.69, 9.17) is 9.97 Å². The predicted molar refractivity (Wildman–Crippen MR) is 101 cm³/mol. The van der Waals surface area contributed by atoms with E-state index in [2.05, 4.69) is 42.7 Å². The first-order chi connectivity index (χ1) is 10.8. The zero-order valence-corrected chi connectivity index (χ0v) is 15.1. The van der Waals surface area contributed by atoms with Crippen LogP contribution in [0.3, 0.4) is 0 Å². The quantitative estimate of drug-likeness (QED) is 0.771. The third-order valence-corrected chi connectivity index (χ3v) is 4.49. The van der Waals surface area contributed by atoms with Gasteiger partial charge in [0.2, 0.25) is 0 Å². The summed E-state index contributed by atoms with van der Waals surface area (Å²) in [6.45, 7) is 8.87. The largest absolute Gasteiger partial charge is 0.333 e. The number of benzene rings is 1. The zero-order valence-electron chi connectivity index (χ0n) is 14.3. The van der Waals surface area contributed by atoms with E-state index >= 15 is 0 Å². The fourth-order valence-corrected chi connectivity index (χ4v) is 3.13. The number of anilines is 2. The molecule has 0 amide bonds. The minimum Gasteiger partial charge on any atom is -0.333 e. The van der Waals surface area contributed by atoms with Crippen molar-refractivity contribution in [3.05, 3.63) is 24.3 Å². The van der Waals surface area contributed by atoms with Crippen LogP contribution in [0.25, 0.3) is 11.0 Å². The van der Waals surface area contributed by atoms with E-state index in [1.807, 2.05) is 12.1 Å². The van der Waals surface area contributed by atoms with Gasteiger partial charge in [0.25, 0.3) is 0 Å². The van der Waals surface area contributed by atoms with E-state index in [9.17, 15) is 0 Å². The summed E-state index contributed by atoms with van der Waals surface area (Å²) in [7, 11) is 0. The Labute approximate surface area is 145 Å². The lowest BCUT2D eigenvalue weighted by Gasteiger charge is -2.29. The lowest BCUT2D eigenvalue weighted by Crippen LogP contribution is -2.42. The first kappa shape index (κ1) is 17.8. The van der Waals surface area contributed by atoms with E-state index in [-0.39, 0.29) is 12.4 Å². The number of fused-ring (bicyclic) bond motifs is 2. The van der Waals surface area contributed by atoms with E-state index < -0.39 is 0 Å². The summed E-state index contributed by atoms with van der Waals surface area (Å²) >= 11 is 0. The van der Waals surface area contributed by atoms with Gasteiger partial charge in [0.1, 0.15) is 6.17 Å². The fourth-order valence-electron chi connectivity index (χ4n) is 3.13. The average molecular weight is 335 g/mol. The number of rotatable bonds is 6. The highest BCUT2D eigenvalue weighted by molar-refractivity contribution is 5.85. The van der Waals surface area contributed by atoms with Gasteiger partial charge in [0.05, 0.1) is 11.0 Å². The summed E-state index contributed by atoms with van der Waals surface area (Å²) in [5.74, 6) is 2.13. The van der Waals surface area contributed by atoms with Crippen LogP contribution < -0.4 is 9.80 Å². The molecule has 1 aromatic carbocycles. The van der Waals surface area contributed by atoms with Gasteiger partial charge < -0.3 is 9.80 Å². The van der Waals surface area contributed by atoms with E-state index in [1.54, 1.807) is 0 Å². The van der Waals surface area contributed by atoms with Crippen LogP contribution in [-0.4, -0.2) is 29.2 Å². The van der Waals surface area contributed by atoms with Crippen LogP contribution >= 0.6 is 12.4 Å². The van der Waals surface area contributed by atoms with Gasteiger partial charge in [-0.05, 0) is 31.9 Å². The number of aromatic nitrogens is 2. The van der Waals surface area contributed by atoms with Crippen LogP contribution in [0.1, 0.15) is 46.5 Å². The SMILES string of the molecule is CCCCN1c2nc3ccccc3nc2N(CCCC)C1C.Cl. The molecule has 0 unspecified atom stereocenters. The van der Waals surface area contributed by atoms with Crippen molar-refractivity contribution in [1.29, 1.82) is 0 Å². The molecule has 0 atom stereocenters. The van der Waals surface area contributed by atoms with Gasteiger partial charge in [-0.25, -0.2) is 9.97 Å². The zero-order chi connectivity index (χ0) is 15.5. The van der Waals surface area contributed by atoms with Crippen molar-refractivity contribution in [2.75, 3.05) is 22.9 Å². The van der Waals surface area contributed by atoms with Gasteiger partial charge >= 0.3 is 0 Å². The smallest absolute Gasteiger partial charge is 0.174 e. The second kappa shape index (κ2) is 7.82. The van der Waals surface area contributed by atoms with Gasteiger partial charge in [-0.3, -0.25) is 0 Å². The molecule has 2 aromatic rings. The van der Waals surface area contributed by atoms with Gasteiger partial charge in [-0.1, -0.05) is 38.8 Å². The normalized spacial score (nSPS) is 14.2. The van der Waals surface area contributed by atoms with Crippen molar-refractivity contribution >= 4 is 35.1 Å². The molecule has 0 saturated carbocycles. The maximum Gasteiger partial charge on any atom is 0.174 e. The fraction of sp³-hybridized carbons (Fsp3) is 0.556. The average Bonchev–Trinajstić information content (AvgIpc) is 2.79. The monoisotopic (exact) mass is 334 g/mol. The van der Waals surface area contributed by atoms with Crippen LogP contribution in [0.5, 0.6) is 0 Å². The van der Waals surface area contributed by atoms with Crippen LogP contribution in [0, 0.1) is 0 Å². The first-order valence-corrected chi connectivity index (χ1v) is 8.56. The van der Waals surface area contributed by atoms with Crippen molar-refractivity contribution in [2.24, 2.45) is 0 Å². The maximum atomic E-state index is 4.92. The molecule has 0 radical (unpaired) electrons. The first-order valence-electron chi connectivity index (χ1n) is 8.56. The minimum atomic E-state index is 0. The number of unbranched alkanes of at least 4 members (excludes halogenated alkanes) is 2. The van der Waals surface area contributed by atoms with Crippen LogP contribution in [0.4, 0.5) is 11.6 Å². The van der Waals surface area contributed by atoms with E-state index in [1.165, 1.54) is 25.7 Å². The van der Waals surface area contributed by atoms with Gasteiger partial charge in [0, 0.05) is 13.1 Å². The summed E-state index contributed by atoms with van der Waals surface area (Å²) in [5.41, 5.74) is 1.99. The van der Waals surface area contributed by atoms with Gasteiger partial charge in [-0.15, -0.1) is 12.4 Å². The summed E-state index contributed by atoms with van der Waals surface area (Å²) in [6, 6.07) is 8.18. The number of para-hydroxylation sites is 2. The maximum absolute atomic E-state index is 4.92. The molecule has 23 heavy (non-hydrogen) atoms. The molecule has 3 rings (SSSR count). The molecule has 0 fully saturated rings. The second-order valence-electron chi connectivity index (χ2n) is 6.09. The number of nitrogens with zero attached hydrogens (tertiary/aromatic N) is 4. The van der Waals surface area contributed by atoms with E-state index in [0.29, 0.717) is 6.17 Å². The third kappa shape index (κ3) is 3.37. The van der Waals surface area contributed by atoms with Crippen molar-refractivity contribution in [2.45, 2.75) is 52.6 Å². The Hall–Kier alpha value is -1.55. The van der Waals surface area contributed by atoms with Gasteiger partial charge in [-0.2, -0.15) is 0 Å². The molecule has 5 heteroatoms. The highest BCUT2D eigenvalue weighted by Gasteiger charge is 2.34. The Morgan fingerprint density at radius 3 is 1.70 bits per heavy atom. The molecule has 0 bridgehead atoms. The molecule has 1 aromatic heterocycles. The lowest BCUT2D eigenvalue weighted by molar-refractivity contribution is 0.584. The predicted octanol–water partition coefficient (Wildman–Crippen LogP) is 4.62. The van der Waals surface area contributed by atoms with Crippen LogP contribution in [0.15, 0.2) is 24.3 Å². The molecular weight excluding hydrogens is 308 g/mol. The minimum absolute atomic E-state index is 0. The number of hydrogen-bond acceptors (Lipinski definition) is 4. The van der Waals surface area contributed by atoms with Gasteiger partial charge in [0.15, 0.2) is 11.6 Å². The third-order valence-electron chi connectivity index (χ3n) is 4.49. The van der Waals surface area contributed by atoms with Crippen molar-refractivity contribution in [3.63, 3.8) is 0 Å². The molecule has 0 spiro atoms. The Morgan fingerprint density at radius 2 is 1.30 bits per heavy atom. The van der Waals surface area contributed by atoms with Crippen LogP contribution in [0.2, 0.25) is 0 Å². The number of hydrogen-bond donors (Lipinski definition) is 0. The Bertz CT molecular complexity index is 591. The highest BCUT2D eigenvalue weighted by Crippen LogP contribution is 2.37. The Morgan fingerprint density at radius 1 is 0.870 bits per heavy atom. The molecular formula is C18H27ClN4. The van der Waals surface area contributed by atoms with Crippen LogP contribution in [-0.2, 0) is 0 Å². The molecule has 4 nitrogen and oxygen atoms in total. The highest BCUT2D eigenvalue weighted by atomic mass is 35.5. The summed E-state index contributed by atoms with van der Waals surface area (Å²) in [5, 5.41) is 0. The summed E-state index contributed by atoms with van der Waals surface area (Å²) < 4.78 is 0. The molecule has 0 aliphatic carbocycles.